The summed E-state index contributed by atoms with van der Waals surface area (Å²) in [6.45, 7) is 4.52. The maximum absolute atomic E-state index is 12.1. The molecule has 0 radical (unpaired) electrons. The van der Waals surface area contributed by atoms with E-state index < -0.39 is 5.60 Å². The second kappa shape index (κ2) is 5.53. The summed E-state index contributed by atoms with van der Waals surface area (Å²) in [5.74, 6) is -0.215. The van der Waals surface area contributed by atoms with Crippen molar-refractivity contribution in [3.8, 4) is 0 Å². The molecule has 0 aliphatic carbocycles. The molecular formula is C15H20O3. The second-order valence-electron chi connectivity index (χ2n) is 4.64. The van der Waals surface area contributed by atoms with Crippen molar-refractivity contribution in [2.45, 2.75) is 44.8 Å². The van der Waals surface area contributed by atoms with E-state index in [-0.39, 0.29) is 12.1 Å². The Kier molecular flexibility index (Phi) is 4.02. The quantitative estimate of drug-likeness (QED) is 0.440. The van der Waals surface area contributed by atoms with Crippen LogP contribution in [0.2, 0.25) is 0 Å². The molecule has 1 heterocycles. The van der Waals surface area contributed by atoms with E-state index in [0.29, 0.717) is 13.0 Å². The molecule has 1 aliphatic heterocycles. The average molecular weight is 248 g/mol. The zero-order valence-corrected chi connectivity index (χ0v) is 11.0. The number of unbranched alkanes of at least 4 members (excludes halogenated alkanes) is 1. The molecule has 1 saturated heterocycles. The highest BCUT2D eigenvalue weighted by Gasteiger charge is 2.63. The Morgan fingerprint density at radius 1 is 1.33 bits per heavy atom. The fourth-order valence-electron chi connectivity index (χ4n) is 2.14. The maximum atomic E-state index is 12.1. The molecule has 3 heteroatoms. The summed E-state index contributed by atoms with van der Waals surface area (Å²) in [5.41, 5.74) is 0.307. The molecule has 0 saturated carbocycles. The third kappa shape index (κ3) is 2.41. The predicted molar refractivity (Wildman–Crippen MR) is 69.2 cm³/mol. The average Bonchev–Trinajstić information content (AvgIpc) is 3.16. The van der Waals surface area contributed by atoms with Crippen LogP contribution in [0.15, 0.2) is 30.3 Å². The molecule has 98 valence electrons. The van der Waals surface area contributed by atoms with Crippen LogP contribution in [0.3, 0.4) is 0 Å². The van der Waals surface area contributed by atoms with E-state index in [2.05, 4.69) is 6.92 Å². The van der Waals surface area contributed by atoms with Crippen LogP contribution in [0.4, 0.5) is 0 Å². The fraction of sp³-hybridized carbons (Fsp3) is 0.533. The zero-order chi connectivity index (χ0) is 13.0. The molecule has 1 aromatic carbocycles. The van der Waals surface area contributed by atoms with Gasteiger partial charge in [0.05, 0.1) is 6.61 Å². The first-order valence-electron chi connectivity index (χ1n) is 6.64. The van der Waals surface area contributed by atoms with Crippen molar-refractivity contribution in [2.75, 3.05) is 6.61 Å². The van der Waals surface area contributed by atoms with Crippen molar-refractivity contribution < 1.29 is 14.3 Å². The van der Waals surface area contributed by atoms with Gasteiger partial charge in [-0.15, -0.1) is 0 Å². The predicted octanol–water partition coefficient (Wildman–Crippen LogP) is 3.25. The minimum atomic E-state index is -0.741. The molecule has 0 spiro atoms. The molecule has 1 aromatic rings. The van der Waals surface area contributed by atoms with Gasteiger partial charge in [-0.05, 0) is 18.4 Å². The van der Waals surface area contributed by atoms with E-state index in [1.807, 2.05) is 37.3 Å². The second-order valence-corrected chi connectivity index (χ2v) is 4.64. The first kappa shape index (κ1) is 13.1. The third-order valence-electron chi connectivity index (χ3n) is 3.40. The van der Waals surface area contributed by atoms with Gasteiger partial charge in [0.15, 0.2) is 5.60 Å². The topological polar surface area (TPSA) is 38.8 Å². The van der Waals surface area contributed by atoms with E-state index in [1.54, 1.807) is 0 Å². The lowest BCUT2D eigenvalue weighted by Gasteiger charge is -2.10. The van der Waals surface area contributed by atoms with Crippen molar-refractivity contribution >= 4 is 5.97 Å². The molecule has 0 bridgehead atoms. The summed E-state index contributed by atoms with van der Waals surface area (Å²) < 4.78 is 10.9. The van der Waals surface area contributed by atoms with Crippen LogP contribution in [-0.4, -0.2) is 18.2 Å². The Bertz CT molecular complexity index is 401. The van der Waals surface area contributed by atoms with Crippen molar-refractivity contribution in [2.24, 2.45) is 0 Å². The number of esters is 1. The summed E-state index contributed by atoms with van der Waals surface area (Å²) >= 11 is 0. The number of benzene rings is 1. The zero-order valence-electron chi connectivity index (χ0n) is 11.0. The number of carbonyl (C=O) groups is 1. The Labute approximate surface area is 108 Å². The summed E-state index contributed by atoms with van der Waals surface area (Å²) in [6.07, 6.45) is 2.44. The molecule has 2 atom stereocenters. The summed E-state index contributed by atoms with van der Waals surface area (Å²) in [6, 6.07) is 9.85. The largest absolute Gasteiger partial charge is 0.463 e. The normalized spacial score (nSPS) is 25.8. The van der Waals surface area contributed by atoms with Crippen LogP contribution in [0.25, 0.3) is 0 Å². The number of ether oxygens (including phenoxy) is 2. The molecular weight excluding hydrogens is 228 g/mol. The maximum Gasteiger partial charge on any atom is 0.341 e. The van der Waals surface area contributed by atoms with Crippen LogP contribution in [0, 0.1) is 0 Å². The van der Waals surface area contributed by atoms with Crippen molar-refractivity contribution in [1.29, 1.82) is 0 Å². The highest BCUT2D eigenvalue weighted by atomic mass is 16.7. The van der Waals surface area contributed by atoms with Gasteiger partial charge in [-0.1, -0.05) is 50.6 Å². The lowest BCUT2D eigenvalue weighted by Crippen LogP contribution is -2.27. The van der Waals surface area contributed by atoms with Crippen LogP contribution in [0.1, 0.15) is 44.8 Å². The minimum Gasteiger partial charge on any atom is -0.463 e. The van der Waals surface area contributed by atoms with Crippen molar-refractivity contribution in [1.82, 2.24) is 0 Å². The standard InChI is InChI=1S/C15H20O3/c1-3-5-11-17-14(16)15(4-2)13(18-15)12-9-7-6-8-10-12/h6-10,13H,3-5,11H2,1-2H3. The Morgan fingerprint density at radius 2 is 2.06 bits per heavy atom. The highest BCUT2D eigenvalue weighted by Crippen LogP contribution is 2.52. The molecule has 18 heavy (non-hydrogen) atoms. The van der Waals surface area contributed by atoms with Gasteiger partial charge in [-0.2, -0.15) is 0 Å². The molecule has 0 amide bonds. The molecule has 0 aromatic heterocycles. The van der Waals surface area contributed by atoms with Crippen LogP contribution < -0.4 is 0 Å². The molecule has 1 aliphatic rings. The van der Waals surface area contributed by atoms with Gasteiger partial charge in [0, 0.05) is 0 Å². The lowest BCUT2D eigenvalue weighted by molar-refractivity contribution is -0.150. The Hall–Kier alpha value is -1.35. The number of rotatable bonds is 6. The van der Waals surface area contributed by atoms with Gasteiger partial charge in [-0.25, -0.2) is 4.79 Å². The monoisotopic (exact) mass is 248 g/mol. The first-order valence-corrected chi connectivity index (χ1v) is 6.64. The minimum absolute atomic E-state index is 0.141. The van der Waals surface area contributed by atoms with E-state index >= 15 is 0 Å². The van der Waals surface area contributed by atoms with Crippen LogP contribution in [-0.2, 0) is 14.3 Å². The fourth-order valence-corrected chi connectivity index (χ4v) is 2.14. The number of hydrogen-bond acceptors (Lipinski definition) is 3. The molecule has 0 N–H and O–H groups in total. The summed E-state index contributed by atoms with van der Waals surface area (Å²) in [7, 11) is 0. The Morgan fingerprint density at radius 3 is 2.67 bits per heavy atom. The van der Waals surface area contributed by atoms with Crippen molar-refractivity contribution in [3.05, 3.63) is 35.9 Å². The Balaban J connectivity index is 2.00. The lowest BCUT2D eigenvalue weighted by atomic mass is 9.97. The van der Waals surface area contributed by atoms with Gasteiger partial charge < -0.3 is 9.47 Å². The smallest absolute Gasteiger partial charge is 0.341 e. The molecule has 2 unspecified atom stereocenters. The number of epoxide rings is 1. The highest BCUT2D eigenvalue weighted by molar-refractivity contribution is 5.83. The van der Waals surface area contributed by atoms with E-state index in [4.69, 9.17) is 9.47 Å². The van der Waals surface area contributed by atoms with Gasteiger partial charge >= 0.3 is 5.97 Å². The van der Waals surface area contributed by atoms with E-state index in [1.165, 1.54) is 0 Å². The molecule has 3 nitrogen and oxygen atoms in total. The molecule has 1 fully saturated rings. The first-order chi connectivity index (χ1) is 8.74. The number of hydrogen-bond donors (Lipinski definition) is 0. The van der Waals surface area contributed by atoms with E-state index in [9.17, 15) is 4.79 Å². The van der Waals surface area contributed by atoms with Crippen molar-refractivity contribution in [3.63, 3.8) is 0 Å². The summed E-state index contributed by atoms with van der Waals surface area (Å²) in [4.78, 5) is 12.1. The van der Waals surface area contributed by atoms with Crippen LogP contribution in [0.5, 0.6) is 0 Å². The van der Waals surface area contributed by atoms with Gasteiger partial charge in [0.2, 0.25) is 0 Å². The SMILES string of the molecule is CCCCOC(=O)C1(CC)OC1c1ccccc1. The van der Waals surface area contributed by atoms with E-state index in [0.717, 1.165) is 18.4 Å². The number of carbonyl (C=O) groups excluding carboxylic acids is 1. The van der Waals surface area contributed by atoms with Crippen LogP contribution >= 0.6 is 0 Å². The van der Waals surface area contributed by atoms with Gasteiger partial charge in [0.1, 0.15) is 6.10 Å². The van der Waals surface area contributed by atoms with Gasteiger partial charge in [0.25, 0.3) is 0 Å². The van der Waals surface area contributed by atoms with Gasteiger partial charge in [-0.3, -0.25) is 0 Å². The molecule has 2 rings (SSSR count). The summed E-state index contributed by atoms with van der Waals surface area (Å²) in [5, 5.41) is 0. The third-order valence-corrected chi connectivity index (χ3v) is 3.40.